The maximum atomic E-state index is 13.5. The lowest BCUT2D eigenvalue weighted by atomic mass is 9.95. The molecular formula is C23H19ClFN3O3. The highest BCUT2D eigenvalue weighted by Gasteiger charge is 2.32. The van der Waals surface area contributed by atoms with Crippen LogP contribution in [-0.2, 0) is 11.3 Å². The Bertz CT molecular complexity index is 1250. The standard InChI is InChI=1S/C23H18FN3O3.ClH/c24-17-5-3-4-14(10-17)22-25-21(26-30-22)20-9-8-15(18-6-1-2-7-19(18)20)11-27-12-16(13-27)23(28)29;/h1-10,16H,11-13H2,(H,28,29);1H. The Hall–Kier alpha value is -3.29. The minimum Gasteiger partial charge on any atom is -0.481 e. The van der Waals surface area contributed by atoms with Crippen molar-refractivity contribution in [3.05, 3.63) is 72.0 Å². The van der Waals surface area contributed by atoms with E-state index in [0.29, 0.717) is 31.0 Å². The molecule has 1 aromatic heterocycles. The minimum atomic E-state index is -0.738. The molecule has 5 rings (SSSR count). The van der Waals surface area contributed by atoms with Crippen LogP contribution in [0.4, 0.5) is 4.39 Å². The van der Waals surface area contributed by atoms with Crippen LogP contribution < -0.4 is 0 Å². The van der Waals surface area contributed by atoms with E-state index in [1.807, 2.05) is 36.4 Å². The zero-order valence-corrected chi connectivity index (χ0v) is 17.2. The topological polar surface area (TPSA) is 79.5 Å². The third-order valence-electron chi connectivity index (χ3n) is 5.45. The summed E-state index contributed by atoms with van der Waals surface area (Å²) in [5, 5.41) is 15.2. The second-order valence-corrected chi connectivity index (χ2v) is 7.48. The van der Waals surface area contributed by atoms with Gasteiger partial charge in [0.05, 0.1) is 5.92 Å². The van der Waals surface area contributed by atoms with E-state index < -0.39 is 5.97 Å². The van der Waals surface area contributed by atoms with Gasteiger partial charge in [-0.05, 0) is 34.5 Å². The van der Waals surface area contributed by atoms with E-state index in [9.17, 15) is 9.18 Å². The first-order valence-electron chi connectivity index (χ1n) is 9.64. The Balaban J connectivity index is 0.00000231. The van der Waals surface area contributed by atoms with E-state index in [-0.39, 0.29) is 30.0 Å². The number of carboxylic acids is 1. The fourth-order valence-corrected chi connectivity index (χ4v) is 3.86. The molecule has 1 aliphatic rings. The van der Waals surface area contributed by atoms with Gasteiger partial charge < -0.3 is 9.63 Å². The van der Waals surface area contributed by atoms with Crippen molar-refractivity contribution in [3.63, 3.8) is 0 Å². The van der Waals surface area contributed by atoms with Crippen LogP contribution in [0.15, 0.2) is 65.2 Å². The molecule has 0 saturated carbocycles. The second kappa shape index (κ2) is 8.45. The molecule has 3 aromatic carbocycles. The number of hydrogen-bond donors (Lipinski definition) is 1. The van der Waals surface area contributed by atoms with Gasteiger partial charge in [0, 0.05) is 30.8 Å². The van der Waals surface area contributed by atoms with E-state index in [4.69, 9.17) is 9.63 Å². The lowest BCUT2D eigenvalue weighted by Gasteiger charge is -2.36. The first kappa shape index (κ1) is 21.0. The Morgan fingerprint density at radius 2 is 1.87 bits per heavy atom. The van der Waals surface area contributed by atoms with Crippen LogP contribution in [-0.4, -0.2) is 39.2 Å². The lowest BCUT2D eigenvalue weighted by molar-refractivity contribution is -0.147. The number of carbonyl (C=O) groups is 1. The predicted octanol–water partition coefficient (Wildman–Crippen LogP) is 4.63. The summed E-state index contributed by atoms with van der Waals surface area (Å²) in [6.45, 7) is 1.81. The summed E-state index contributed by atoms with van der Waals surface area (Å²) in [6.07, 6.45) is 0. The normalized spacial score (nSPS) is 14.2. The molecule has 1 aliphatic heterocycles. The third kappa shape index (κ3) is 4.02. The van der Waals surface area contributed by atoms with Gasteiger partial charge in [-0.1, -0.05) is 47.6 Å². The largest absolute Gasteiger partial charge is 0.481 e. The molecule has 0 spiro atoms. The summed E-state index contributed by atoms with van der Waals surface area (Å²) in [5.41, 5.74) is 2.47. The van der Waals surface area contributed by atoms with Crippen molar-refractivity contribution >= 4 is 29.1 Å². The zero-order valence-electron chi connectivity index (χ0n) is 16.4. The van der Waals surface area contributed by atoms with E-state index in [0.717, 1.165) is 21.9 Å². The first-order valence-corrected chi connectivity index (χ1v) is 9.64. The maximum absolute atomic E-state index is 13.5. The Morgan fingerprint density at radius 3 is 2.61 bits per heavy atom. The predicted molar refractivity (Wildman–Crippen MR) is 116 cm³/mol. The SMILES string of the molecule is Cl.O=C(O)C1CN(Cc2ccc(-c3noc(-c4cccc(F)c4)n3)c3ccccc23)C1. The fraction of sp³-hybridized carbons (Fsp3) is 0.174. The molecule has 0 atom stereocenters. The van der Waals surface area contributed by atoms with Gasteiger partial charge >= 0.3 is 5.97 Å². The molecule has 1 N–H and O–H groups in total. The number of aromatic nitrogens is 2. The smallest absolute Gasteiger partial charge is 0.309 e. The van der Waals surface area contributed by atoms with Crippen LogP contribution in [0.2, 0.25) is 0 Å². The van der Waals surface area contributed by atoms with Crippen molar-refractivity contribution in [2.45, 2.75) is 6.54 Å². The lowest BCUT2D eigenvalue weighted by Crippen LogP contribution is -2.49. The molecule has 1 fully saturated rings. The number of aliphatic carboxylic acids is 1. The van der Waals surface area contributed by atoms with Crippen LogP contribution in [0.1, 0.15) is 5.56 Å². The van der Waals surface area contributed by atoms with Gasteiger partial charge in [-0.2, -0.15) is 4.98 Å². The highest BCUT2D eigenvalue weighted by molar-refractivity contribution is 5.97. The van der Waals surface area contributed by atoms with E-state index in [2.05, 4.69) is 15.0 Å². The van der Waals surface area contributed by atoms with Crippen LogP contribution in [0, 0.1) is 11.7 Å². The highest BCUT2D eigenvalue weighted by Crippen LogP contribution is 2.32. The van der Waals surface area contributed by atoms with Crippen molar-refractivity contribution in [1.29, 1.82) is 0 Å². The van der Waals surface area contributed by atoms with Crippen LogP contribution in [0.3, 0.4) is 0 Å². The Labute approximate surface area is 183 Å². The van der Waals surface area contributed by atoms with Crippen LogP contribution in [0.25, 0.3) is 33.6 Å². The molecule has 8 heteroatoms. The molecule has 1 saturated heterocycles. The first-order chi connectivity index (χ1) is 14.6. The fourth-order valence-electron chi connectivity index (χ4n) is 3.86. The number of rotatable bonds is 5. The molecule has 0 amide bonds. The number of nitrogens with zero attached hydrogens (tertiary/aromatic N) is 3. The van der Waals surface area contributed by atoms with Gasteiger partial charge in [0.25, 0.3) is 5.89 Å². The molecule has 6 nitrogen and oxygen atoms in total. The molecule has 0 bridgehead atoms. The summed E-state index contributed by atoms with van der Waals surface area (Å²) in [4.78, 5) is 17.6. The number of benzene rings is 3. The van der Waals surface area contributed by atoms with Crippen LogP contribution >= 0.6 is 12.4 Å². The van der Waals surface area contributed by atoms with Crippen LogP contribution in [0.5, 0.6) is 0 Å². The summed E-state index contributed by atoms with van der Waals surface area (Å²) in [5.74, 6) is -0.684. The number of carboxylic acid groups (broad SMARTS) is 1. The van der Waals surface area contributed by atoms with Gasteiger partial charge in [0.15, 0.2) is 0 Å². The monoisotopic (exact) mass is 439 g/mol. The van der Waals surface area contributed by atoms with E-state index >= 15 is 0 Å². The average molecular weight is 440 g/mol. The van der Waals surface area contributed by atoms with E-state index in [1.54, 1.807) is 12.1 Å². The van der Waals surface area contributed by atoms with Gasteiger partial charge in [-0.15, -0.1) is 12.4 Å². The Kier molecular flexibility index (Phi) is 5.71. The summed E-state index contributed by atoms with van der Waals surface area (Å²) >= 11 is 0. The van der Waals surface area contributed by atoms with Crippen molar-refractivity contribution < 1.29 is 18.8 Å². The molecule has 0 radical (unpaired) electrons. The molecule has 31 heavy (non-hydrogen) atoms. The molecule has 4 aromatic rings. The zero-order chi connectivity index (χ0) is 20.7. The molecule has 0 aliphatic carbocycles. The quantitative estimate of drug-likeness (QED) is 0.488. The highest BCUT2D eigenvalue weighted by atomic mass is 35.5. The number of hydrogen-bond acceptors (Lipinski definition) is 5. The summed E-state index contributed by atoms with van der Waals surface area (Å²) < 4.78 is 18.9. The summed E-state index contributed by atoms with van der Waals surface area (Å²) in [6, 6.07) is 18.0. The number of likely N-dealkylation sites (tertiary alicyclic amines) is 1. The van der Waals surface area contributed by atoms with Crippen molar-refractivity contribution in [3.8, 4) is 22.8 Å². The number of fused-ring (bicyclic) bond motifs is 1. The van der Waals surface area contributed by atoms with Gasteiger partial charge in [-0.3, -0.25) is 9.69 Å². The van der Waals surface area contributed by atoms with Gasteiger partial charge in [0.1, 0.15) is 5.82 Å². The van der Waals surface area contributed by atoms with Crippen molar-refractivity contribution in [2.75, 3.05) is 13.1 Å². The van der Waals surface area contributed by atoms with Gasteiger partial charge in [0.2, 0.25) is 5.82 Å². The van der Waals surface area contributed by atoms with Crippen molar-refractivity contribution in [1.82, 2.24) is 15.0 Å². The molecular weight excluding hydrogens is 421 g/mol. The van der Waals surface area contributed by atoms with E-state index in [1.165, 1.54) is 12.1 Å². The van der Waals surface area contributed by atoms with Gasteiger partial charge in [-0.25, -0.2) is 4.39 Å². The Morgan fingerprint density at radius 1 is 1.10 bits per heavy atom. The molecule has 2 heterocycles. The summed E-state index contributed by atoms with van der Waals surface area (Å²) in [7, 11) is 0. The molecule has 158 valence electrons. The average Bonchev–Trinajstić information content (AvgIpc) is 3.20. The maximum Gasteiger partial charge on any atom is 0.309 e. The number of halogens is 2. The van der Waals surface area contributed by atoms with Crippen molar-refractivity contribution in [2.24, 2.45) is 5.92 Å². The minimum absolute atomic E-state index is 0. The molecule has 0 unspecified atom stereocenters. The second-order valence-electron chi connectivity index (χ2n) is 7.48. The third-order valence-corrected chi connectivity index (χ3v) is 5.45.